The monoisotopic (exact) mass is 230 g/mol. The Kier molecular flexibility index (Phi) is 2.97. The number of aromatic amines is 1. The number of fused-ring (bicyclic) bond motifs is 1. The molecule has 0 radical (unpaired) electrons. The summed E-state index contributed by atoms with van der Waals surface area (Å²) >= 11 is 0. The van der Waals surface area contributed by atoms with Gasteiger partial charge in [-0.15, -0.1) is 0 Å². The first-order chi connectivity index (χ1) is 8.13. The molecule has 2 aromatic rings. The van der Waals surface area contributed by atoms with Crippen LogP contribution >= 0.6 is 0 Å². The van der Waals surface area contributed by atoms with Gasteiger partial charge in [-0.05, 0) is 11.1 Å². The molecule has 1 heterocycles. The van der Waals surface area contributed by atoms with Crippen LogP contribution in [0.3, 0.4) is 0 Å². The third kappa shape index (κ3) is 2.07. The number of hydrogen-bond acceptors (Lipinski definition) is 2. The van der Waals surface area contributed by atoms with Gasteiger partial charge in [0, 0.05) is 18.0 Å². The van der Waals surface area contributed by atoms with E-state index in [2.05, 4.69) is 11.6 Å². The predicted octanol–water partition coefficient (Wildman–Crippen LogP) is 1.77. The molecular formula is C13H14N2O2. The van der Waals surface area contributed by atoms with Crippen molar-refractivity contribution in [3.8, 4) is 0 Å². The summed E-state index contributed by atoms with van der Waals surface area (Å²) in [4.78, 5) is 13.9. The van der Waals surface area contributed by atoms with Crippen molar-refractivity contribution in [1.29, 1.82) is 0 Å². The van der Waals surface area contributed by atoms with Crippen molar-refractivity contribution in [3.05, 3.63) is 42.1 Å². The Morgan fingerprint density at radius 3 is 3.00 bits per heavy atom. The van der Waals surface area contributed by atoms with Crippen LogP contribution in [0.1, 0.15) is 11.1 Å². The number of carboxylic acids is 1. The molecule has 0 aliphatic carbocycles. The summed E-state index contributed by atoms with van der Waals surface area (Å²) in [5, 5.41) is 9.80. The van der Waals surface area contributed by atoms with Gasteiger partial charge in [0.1, 0.15) is 6.04 Å². The summed E-state index contributed by atoms with van der Waals surface area (Å²) in [7, 11) is 0. The number of nitrogens with two attached hydrogens (primary N) is 1. The average Bonchev–Trinajstić information content (AvgIpc) is 2.72. The molecule has 1 aromatic heterocycles. The lowest BCUT2D eigenvalue weighted by atomic mass is 10.0. The Morgan fingerprint density at radius 2 is 2.35 bits per heavy atom. The van der Waals surface area contributed by atoms with Crippen LogP contribution in [0.25, 0.3) is 17.0 Å². The lowest BCUT2D eigenvalue weighted by Gasteiger charge is -2.05. The summed E-state index contributed by atoms with van der Waals surface area (Å²) in [6.45, 7) is 3.74. The van der Waals surface area contributed by atoms with Crippen LogP contribution < -0.4 is 5.73 Å². The van der Waals surface area contributed by atoms with Crippen LogP contribution in [0, 0.1) is 0 Å². The minimum Gasteiger partial charge on any atom is -0.480 e. The molecule has 4 nitrogen and oxygen atoms in total. The van der Waals surface area contributed by atoms with Crippen molar-refractivity contribution in [2.75, 3.05) is 0 Å². The number of carboxylic acid groups (broad SMARTS) is 1. The van der Waals surface area contributed by atoms with Gasteiger partial charge in [-0.3, -0.25) is 4.79 Å². The topological polar surface area (TPSA) is 79.1 Å². The standard InChI is InChI=1S/C13H14N2O2/c1-2-8-4-3-5-10-9(7-15-12(8)10)6-11(14)13(16)17/h2-5,7,11,15H,1,6,14H2,(H,16,17)/t11-/m0/s1. The van der Waals surface area contributed by atoms with Crippen LogP contribution in [0.15, 0.2) is 31.0 Å². The van der Waals surface area contributed by atoms with E-state index in [0.717, 1.165) is 22.0 Å². The zero-order valence-corrected chi connectivity index (χ0v) is 9.31. The van der Waals surface area contributed by atoms with Crippen LogP contribution in [0.5, 0.6) is 0 Å². The van der Waals surface area contributed by atoms with Gasteiger partial charge in [-0.2, -0.15) is 0 Å². The van der Waals surface area contributed by atoms with Crippen LogP contribution in [0.2, 0.25) is 0 Å². The zero-order valence-electron chi connectivity index (χ0n) is 9.31. The third-order valence-corrected chi connectivity index (χ3v) is 2.81. The van der Waals surface area contributed by atoms with Crippen LogP contribution in [0.4, 0.5) is 0 Å². The molecule has 4 N–H and O–H groups in total. The lowest BCUT2D eigenvalue weighted by Crippen LogP contribution is -2.32. The first kappa shape index (κ1) is 11.4. The highest BCUT2D eigenvalue weighted by molar-refractivity contribution is 5.90. The molecule has 17 heavy (non-hydrogen) atoms. The molecule has 0 bridgehead atoms. The molecule has 0 saturated carbocycles. The fourth-order valence-corrected chi connectivity index (χ4v) is 1.90. The van der Waals surface area contributed by atoms with Gasteiger partial charge in [-0.25, -0.2) is 0 Å². The molecule has 0 aliphatic heterocycles. The van der Waals surface area contributed by atoms with E-state index in [1.54, 1.807) is 12.3 Å². The molecule has 4 heteroatoms. The predicted molar refractivity (Wildman–Crippen MR) is 67.7 cm³/mol. The smallest absolute Gasteiger partial charge is 0.320 e. The van der Waals surface area contributed by atoms with Gasteiger partial charge in [0.15, 0.2) is 0 Å². The number of benzene rings is 1. The van der Waals surface area contributed by atoms with Crippen molar-refractivity contribution in [3.63, 3.8) is 0 Å². The fraction of sp³-hybridized carbons (Fsp3) is 0.154. The zero-order chi connectivity index (χ0) is 12.4. The molecule has 0 fully saturated rings. The normalized spacial score (nSPS) is 12.5. The van der Waals surface area contributed by atoms with E-state index in [0.29, 0.717) is 6.42 Å². The van der Waals surface area contributed by atoms with Crippen LogP contribution in [-0.4, -0.2) is 22.1 Å². The van der Waals surface area contributed by atoms with Crippen molar-refractivity contribution >= 4 is 22.9 Å². The number of carbonyl (C=O) groups is 1. The largest absolute Gasteiger partial charge is 0.480 e. The highest BCUT2D eigenvalue weighted by Gasteiger charge is 2.15. The van der Waals surface area contributed by atoms with Gasteiger partial charge >= 0.3 is 5.97 Å². The van der Waals surface area contributed by atoms with E-state index >= 15 is 0 Å². The Morgan fingerprint density at radius 1 is 1.59 bits per heavy atom. The highest BCUT2D eigenvalue weighted by Crippen LogP contribution is 2.23. The number of aromatic nitrogens is 1. The lowest BCUT2D eigenvalue weighted by molar-refractivity contribution is -0.138. The molecule has 2 rings (SSSR count). The Labute approximate surface area is 98.8 Å². The molecule has 1 aromatic carbocycles. The maximum absolute atomic E-state index is 10.7. The number of hydrogen-bond donors (Lipinski definition) is 3. The minimum absolute atomic E-state index is 0.315. The summed E-state index contributed by atoms with van der Waals surface area (Å²) in [5.74, 6) is -0.987. The maximum Gasteiger partial charge on any atom is 0.320 e. The van der Waals surface area contributed by atoms with E-state index in [9.17, 15) is 4.79 Å². The summed E-state index contributed by atoms with van der Waals surface area (Å²) in [6.07, 6.45) is 3.89. The first-order valence-electron chi connectivity index (χ1n) is 5.33. The third-order valence-electron chi connectivity index (χ3n) is 2.81. The van der Waals surface area contributed by atoms with E-state index in [1.807, 2.05) is 18.2 Å². The van der Waals surface area contributed by atoms with Crippen molar-refractivity contribution in [2.24, 2.45) is 5.73 Å². The second kappa shape index (κ2) is 4.43. The minimum atomic E-state index is -0.987. The van der Waals surface area contributed by atoms with Gasteiger partial charge in [0.25, 0.3) is 0 Å². The van der Waals surface area contributed by atoms with E-state index < -0.39 is 12.0 Å². The number of para-hydroxylation sites is 1. The van der Waals surface area contributed by atoms with Gasteiger partial charge in [0.2, 0.25) is 0 Å². The van der Waals surface area contributed by atoms with Gasteiger partial charge < -0.3 is 15.8 Å². The maximum atomic E-state index is 10.7. The van der Waals surface area contributed by atoms with Crippen molar-refractivity contribution in [1.82, 2.24) is 4.98 Å². The Bertz CT molecular complexity index is 572. The van der Waals surface area contributed by atoms with E-state index in [4.69, 9.17) is 10.8 Å². The number of rotatable bonds is 4. The second-order valence-corrected chi connectivity index (χ2v) is 3.94. The molecule has 0 saturated heterocycles. The summed E-state index contributed by atoms with van der Waals surface area (Å²) in [5.41, 5.74) is 8.42. The highest BCUT2D eigenvalue weighted by atomic mass is 16.4. The average molecular weight is 230 g/mol. The molecule has 88 valence electrons. The number of nitrogens with one attached hydrogen (secondary N) is 1. The van der Waals surface area contributed by atoms with Gasteiger partial charge in [0.05, 0.1) is 5.52 Å². The van der Waals surface area contributed by atoms with E-state index in [-0.39, 0.29) is 0 Å². The Balaban J connectivity index is 2.43. The molecule has 0 amide bonds. The second-order valence-electron chi connectivity index (χ2n) is 3.94. The first-order valence-corrected chi connectivity index (χ1v) is 5.33. The van der Waals surface area contributed by atoms with Crippen LogP contribution in [-0.2, 0) is 11.2 Å². The molecule has 0 spiro atoms. The summed E-state index contributed by atoms with van der Waals surface area (Å²) < 4.78 is 0. The molecule has 1 atom stereocenters. The van der Waals surface area contributed by atoms with Gasteiger partial charge in [-0.1, -0.05) is 30.9 Å². The molecular weight excluding hydrogens is 216 g/mol. The fourth-order valence-electron chi connectivity index (χ4n) is 1.90. The number of aliphatic carboxylic acids is 1. The molecule has 0 aliphatic rings. The Hall–Kier alpha value is -2.07. The SMILES string of the molecule is C=Cc1cccc2c(C[C@H](N)C(=O)O)c[nH]c12. The van der Waals surface area contributed by atoms with E-state index in [1.165, 1.54) is 0 Å². The molecule has 0 unspecified atom stereocenters. The quantitative estimate of drug-likeness (QED) is 0.748. The van der Waals surface area contributed by atoms with Crippen molar-refractivity contribution < 1.29 is 9.90 Å². The number of H-pyrrole nitrogens is 1. The summed E-state index contributed by atoms with van der Waals surface area (Å²) in [6, 6.07) is 4.94. The van der Waals surface area contributed by atoms with Crippen molar-refractivity contribution in [2.45, 2.75) is 12.5 Å².